The van der Waals surface area contributed by atoms with Crippen molar-refractivity contribution < 1.29 is 22.6 Å². The van der Waals surface area contributed by atoms with E-state index >= 15 is 0 Å². The van der Waals surface area contributed by atoms with E-state index in [-0.39, 0.29) is 6.10 Å². The van der Waals surface area contributed by atoms with Crippen molar-refractivity contribution in [1.29, 1.82) is 0 Å². The Balaban J connectivity index is 1.18. The van der Waals surface area contributed by atoms with Crippen molar-refractivity contribution in [2.45, 2.75) is 62.1 Å². The summed E-state index contributed by atoms with van der Waals surface area (Å²) in [6, 6.07) is 13.3. The maximum atomic E-state index is 12.7. The van der Waals surface area contributed by atoms with Gasteiger partial charge in [0.05, 0.1) is 12.2 Å². The number of hydrogen-bond acceptors (Lipinski definition) is 4. The van der Waals surface area contributed by atoms with Crippen molar-refractivity contribution in [2.75, 3.05) is 19.7 Å². The predicted molar refractivity (Wildman–Crippen MR) is 121 cm³/mol. The lowest BCUT2D eigenvalue weighted by Crippen LogP contribution is -2.34. The van der Waals surface area contributed by atoms with Gasteiger partial charge in [-0.05, 0) is 92.1 Å². The number of piperidine rings is 1. The van der Waals surface area contributed by atoms with Crippen LogP contribution in [-0.2, 0) is 6.18 Å². The van der Waals surface area contributed by atoms with Crippen LogP contribution in [0.2, 0.25) is 0 Å². The molecule has 2 aromatic rings. The molecule has 0 radical (unpaired) electrons. The summed E-state index contributed by atoms with van der Waals surface area (Å²) in [4.78, 5) is 1.18. The van der Waals surface area contributed by atoms with E-state index in [9.17, 15) is 13.2 Å². The van der Waals surface area contributed by atoms with Crippen LogP contribution in [0, 0.1) is 5.92 Å². The second kappa shape index (κ2) is 10.8. The summed E-state index contributed by atoms with van der Waals surface area (Å²) in [6.07, 6.45) is 3.98. The summed E-state index contributed by atoms with van der Waals surface area (Å²) in [5, 5.41) is 0. The molecule has 2 fully saturated rings. The van der Waals surface area contributed by atoms with Gasteiger partial charge in [0.25, 0.3) is 0 Å². The molecule has 0 amide bonds. The SMILES string of the molecule is FC(F)(F)c1ccc(OC2CCN(Sc3ccc(OCC4CCCCC4)cc3)CC2)cc1. The van der Waals surface area contributed by atoms with E-state index in [0.29, 0.717) is 11.7 Å². The fourth-order valence-corrected chi connectivity index (χ4v) is 5.22. The number of ether oxygens (including phenoxy) is 2. The second-order valence-corrected chi connectivity index (χ2v) is 9.82. The molecule has 0 aromatic heterocycles. The summed E-state index contributed by atoms with van der Waals surface area (Å²) in [6.45, 7) is 2.56. The molecule has 4 rings (SSSR count). The first-order chi connectivity index (χ1) is 15.5. The molecule has 7 heteroatoms. The number of hydrogen-bond donors (Lipinski definition) is 0. The van der Waals surface area contributed by atoms with Crippen molar-refractivity contribution in [2.24, 2.45) is 5.92 Å². The Morgan fingerprint density at radius 3 is 2.06 bits per heavy atom. The largest absolute Gasteiger partial charge is 0.493 e. The zero-order chi connectivity index (χ0) is 22.4. The summed E-state index contributed by atoms with van der Waals surface area (Å²) >= 11 is 1.73. The molecular formula is C25H30F3NO2S. The highest BCUT2D eigenvalue weighted by atomic mass is 32.2. The van der Waals surface area contributed by atoms with Crippen LogP contribution < -0.4 is 9.47 Å². The fourth-order valence-electron chi connectivity index (χ4n) is 4.27. The minimum atomic E-state index is -4.32. The molecular weight excluding hydrogens is 435 g/mol. The van der Waals surface area contributed by atoms with Gasteiger partial charge in [-0.1, -0.05) is 19.3 Å². The van der Waals surface area contributed by atoms with Crippen molar-refractivity contribution >= 4 is 11.9 Å². The minimum absolute atomic E-state index is 0.0270. The Bertz CT molecular complexity index is 828. The predicted octanol–water partition coefficient (Wildman–Crippen LogP) is 7.22. The van der Waals surface area contributed by atoms with Crippen molar-refractivity contribution in [3.63, 3.8) is 0 Å². The van der Waals surface area contributed by atoms with Gasteiger partial charge < -0.3 is 9.47 Å². The average molecular weight is 466 g/mol. The van der Waals surface area contributed by atoms with Crippen LogP contribution in [0.15, 0.2) is 53.4 Å². The van der Waals surface area contributed by atoms with Gasteiger partial charge in [-0.15, -0.1) is 0 Å². The first-order valence-corrected chi connectivity index (χ1v) is 12.2. The maximum Gasteiger partial charge on any atom is 0.416 e. The van der Waals surface area contributed by atoms with Crippen LogP contribution >= 0.6 is 11.9 Å². The summed E-state index contributed by atoms with van der Waals surface area (Å²) < 4.78 is 52.2. The number of nitrogens with zero attached hydrogens (tertiary/aromatic N) is 1. The Hall–Kier alpha value is -1.86. The Kier molecular flexibility index (Phi) is 7.89. The van der Waals surface area contributed by atoms with E-state index in [1.54, 1.807) is 11.9 Å². The summed E-state index contributed by atoms with van der Waals surface area (Å²) in [7, 11) is 0. The number of rotatable bonds is 7. The fraction of sp³-hybridized carbons (Fsp3) is 0.520. The molecule has 0 bridgehead atoms. The Morgan fingerprint density at radius 2 is 1.44 bits per heavy atom. The van der Waals surface area contributed by atoms with E-state index in [2.05, 4.69) is 16.4 Å². The van der Waals surface area contributed by atoms with E-state index in [4.69, 9.17) is 9.47 Å². The van der Waals surface area contributed by atoms with Crippen LogP contribution in [0.25, 0.3) is 0 Å². The number of halogens is 3. The van der Waals surface area contributed by atoms with Gasteiger partial charge in [0.1, 0.15) is 17.6 Å². The summed E-state index contributed by atoms with van der Waals surface area (Å²) in [5.41, 5.74) is -0.651. The first-order valence-electron chi connectivity index (χ1n) is 11.5. The van der Waals surface area contributed by atoms with Crippen LogP contribution in [0.4, 0.5) is 13.2 Å². The van der Waals surface area contributed by atoms with Crippen molar-refractivity contribution in [3.8, 4) is 11.5 Å². The van der Waals surface area contributed by atoms with Gasteiger partial charge in [0.2, 0.25) is 0 Å². The third kappa shape index (κ3) is 6.82. The zero-order valence-corrected chi connectivity index (χ0v) is 19.0. The minimum Gasteiger partial charge on any atom is -0.493 e. The topological polar surface area (TPSA) is 21.7 Å². The van der Waals surface area contributed by atoms with E-state index in [1.807, 2.05) is 12.1 Å². The van der Waals surface area contributed by atoms with Gasteiger partial charge in [-0.2, -0.15) is 13.2 Å². The third-order valence-corrected chi connectivity index (χ3v) is 7.26. The van der Waals surface area contributed by atoms with Crippen LogP contribution in [0.5, 0.6) is 11.5 Å². The molecule has 1 heterocycles. The van der Waals surface area contributed by atoms with Crippen LogP contribution in [-0.4, -0.2) is 30.1 Å². The third-order valence-electron chi connectivity index (χ3n) is 6.15. The highest BCUT2D eigenvalue weighted by Gasteiger charge is 2.30. The van der Waals surface area contributed by atoms with Crippen LogP contribution in [0.1, 0.15) is 50.5 Å². The quantitative estimate of drug-likeness (QED) is 0.403. The molecule has 2 aliphatic rings. The number of benzene rings is 2. The molecule has 3 nitrogen and oxygen atoms in total. The van der Waals surface area contributed by atoms with Gasteiger partial charge in [-0.25, -0.2) is 4.31 Å². The normalized spacial score (nSPS) is 19.1. The van der Waals surface area contributed by atoms with E-state index in [0.717, 1.165) is 50.4 Å². The molecule has 1 aliphatic carbocycles. The first kappa shape index (κ1) is 23.3. The van der Waals surface area contributed by atoms with Gasteiger partial charge in [0, 0.05) is 18.0 Å². The van der Waals surface area contributed by atoms with Crippen molar-refractivity contribution in [1.82, 2.24) is 4.31 Å². The molecule has 32 heavy (non-hydrogen) atoms. The maximum absolute atomic E-state index is 12.7. The molecule has 2 aromatic carbocycles. The summed E-state index contributed by atoms with van der Waals surface area (Å²) in [5.74, 6) is 2.13. The molecule has 0 N–H and O–H groups in total. The molecule has 1 aliphatic heterocycles. The second-order valence-electron chi connectivity index (χ2n) is 8.65. The van der Waals surface area contributed by atoms with Crippen LogP contribution in [0.3, 0.4) is 0 Å². The van der Waals surface area contributed by atoms with Gasteiger partial charge in [0.15, 0.2) is 0 Å². The Morgan fingerprint density at radius 1 is 0.812 bits per heavy atom. The van der Waals surface area contributed by atoms with E-state index in [1.165, 1.54) is 49.1 Å². The van der Waals surface area contributed by atoms with E-state index < -0.39 is 11.7 Å². The lowest BCUT2D eigenvalue weighted by atomic mass is 9.90. The Labute approximate surface area is 192 Å². The number of alkyl halides is 3. The molecule has 0 spiro atoms. The monoisotopic (exact) mass is 465 g/mol. The van der Waals surface area contributed by atoms with Crippen molar-refractivity contribution in [3.05, 3.63) is 54.1 Å². The standard InChI is InChI=1S/C25H30F3NO2S/c26-25(27,28)20-6-8-22(9-7-20)31-23-14-16-29(17-15-23)32-24-12-10-21(11-13-24)30-18-19-4-2-1-3-5-19/h6-13,19,23H,1-5,14-18H2. The van der Waals surface area contributed by atoms with Gasteiger partial charge >= 0.3 is 6.18 Å². The molecule has 174 valence electrons. The smallest absolute Gasteiger partial charge is 0.416 e. The lowest BCUT2D eigenvalue weighted by molar-refractivity contribution is -0.137. The highest BCUT2D eigenvalue weighted by molar-refractivity contribution is 7.97. The lowest BCUT2D eigenvalue weighted by Gasteiger charge is -2.31. The zero-order valence-electron chi connectivity index (χ0n) is 18.2. The molecule has 1 saturated heterocycles. The highest BCUT2D eigenvalue weighted by Crippen LogP contribution is 2.32. The van der Waals surface area contributed by atoms with Gasteiger partial charge in [-0.3, -0.25) is 0 Å². The average Bonchev–Trinajstić information content (AvgIpc) is 2.80. The molecule has 0 unspecified atom stereocenters. The molecule has 0 atom stereocenters. The molecule has 1 saturated carbocycles.